The molecule has 0 aliphatic carbocycles. The highest BCUT2D eigenvalue weighted by Crippen LogP contribution is 2.39. The summed E-state index contributed by atoms with van der Waals surface area (Å²) in [5.41, 5.74) is 1.30. The fraction of sp³-hybridized carbons (Fsp3) is 0.432. The molecule has 0 amide bonds. The van der Waals surface area contributed by atoms with Crippen molar-refractivity contribution in [1.82, 2.24) is 9.78 Å². The Morgan fingerprint density at radius 1 is 0.732 bits per heavy atom. The third-order valence-corrected chi connectivity index (χ3v) is 12.9. The standard InChI is InChI=1S/C44H57N5O5S2/c1-3-4-5-6-7-8-9-10-11-12-13-14-15-16-17-23-32-55(52)40-33-35-24-21-22-27-39(35)42(43(40)50)48-56(53,54)38-30-28-36(29-31-38)45-46-41-34(2)47-49(44(41)51)37-25-19-18-20-26-37/h18-22,24-31,33,47-48,50H,3-17,23,32H2,1-2H3. The van der Waals surface area contributed by atoms with Gasteiger partial charge < -0.3 is 5.11 Å². The molecular formula is C44H57N5O5S2. The Labute approximate surface area is 334 Å². The number of nitrogens with one attached hydrogen (secondary N) is 2. The minimum atomic E-state index is -4.18. The first-order chi connectivity index (χ1) is 27.2. The molecule has 1 unspecified atom stereocenters. The SMILES string of the molecule is CCCCCCCCCCCCCCCCCCS(=O)c1cc2ccccc2c(NS(=O)(=O)c2ccc(N=Nc3c(C)[nH]n(-c4ccccc4)c3=O)cc2)c1O. The molecule has 3 N–H and O–H groups in total. The number of phenols is 1. The maximum atomic E-state index is 13.6. The molecule has 0 aliphatic rings. The van der Waals surface area contributed by atoms with Gasteiger partial charge in [-0.25, -0.2) is 13.1 Å². The number of hydrogen-bond acceptors (Lipinski definition) is 7. The van der Waals surface area contributed by atoms with Crippen LogP contribution in [0.1, 0.15) is 115 Å². The van der Waals surface area contributed by atoms with E-state index in [9.17, 15) is 22.5 Å². The van der Waals surface area contributed by atoms with Crippen LogP contribution in [0.15, 0.2) is 110 Å². The van der Waals surface area contributed by atoms with Gasteiger partial charge in [-0.2, -0.15) is 5.11 Å². The Kier molecular flexibility index (Phi) is 16.5. The number of azo groups is 1. The lowest BCUT2D eigenvalue weighted by atomic mass is 10.0. The monoisotopic (exact) mass is 799 g/mol. The van der Waals surface area contributed by atoms with Crippen molar-refractivity contribution in [2.45, 2.75) is 126 Å². The van der Waals surface area contributed by atoms with Crippen LogP contribution in [0.4, 0.5) is 17.1 Å². The van der Waals surface area contributed by atoms with Crippen molar-refractivity contribution in [2.24, 2.45) is 10.2 Å². The van der Waals surface area contributed by atoms with Gasteiger partial charge in [-0.15, -0.1) is 5.11 Å². The first-order valence-electron chi connectivity index (χ1n) is 20.2. The van der Waals surface area contributed by atoms with E-state index >= 15 is 0 Å². The molecule has 1 atom stereocenters. The lowest BCUT2D eigenvalue weighted by Gasteiger charge is -2.16. The average molecular weight is 800 g/mol. The van der Waals surface area contributed by atoms with E-state index in [1.165, 1.54) is 112 Å². The third kappa shape index (κ3) is 12.0. The van der Waals surface area contributed by atoms with Crippen molar-refractivity contribution in [1.29, 1.82) is 0 Å². The highest BCUT2D eigenvalue weighted by atomic mass is 32.2. The third-order valence-electron chi connectivity index (χ3n) is 10.1. The second-order valence-corrected chi connectivity index (χ2v) is 17.8. The van der Waals surface area contributed by atoms with Crippen LogP contribution in [0.5, 0.6) is 5.75 Å². The maximum Gasteiger partial charge on any atom is 0.299 e. The molecule has 4 aromatic carbocycles. The minimum Gasteiger partial charge on any atom is -0.505 e. The molecule has 5 aromatic rings. The Balaban J connectivity index is 1.13. The molecular weight excluding hydrogens is 743 g/mol. The van der Waals surface area contributed by atoms with E-state index < -0.39 is 20.8 Å². The molecule has 56 heavy (non-hydrogen) atoms. The molecule has 0 aliphatic heterocycles. The van der Waals surface area contributed by atoms with E-state index in [0.717, 1.165) is 19.3 Å². The number of phenolic OH excluding ortho intramolecular Hbond substituents is 1. The number of aromatic nitrogens is 2. The number of hydrogen-bond donors (Lipinski definition) is 3. The van der Waals surface area contributed by atoms with Crippen LogP contribution < -0.4 is 10.3 Å². The molecule has 10 nitrogen and oxygen atoms in total. The molecule has 12 heteroatoms. The van der Waals surface area contributed by atoms with Crippen molar-refractivity contribution < 1.29 is 17.7 Å². The topological polar surface area (TPSA) is 146 Å². The molecule has 0 saturated heterocycles. The van der Waals surface area contributed by atoms with Crippen LogP contribution in [0.3, 0.4) is 0 Å². The number of rotatable bonds is 24. The van der Waals surface area contributed by atoms with E-state index in [1.807, 2.05) is 30.3 Å². The van der Waals surface area contributed by atoms with Crippen LogP contribution in [0.2, 0.25) is 0 Å². The van der Waals surface area contributed by atoms with Crippen molar-refractivity contribution in [3.8, 4) is 11.4 Å². The van der Waals surface area contributed by atoms with Gasteiger partial charge in [0.25, 0.3) is 15.6 Å². The van der Waals surface area contributed by atoms with Gasteiger partial charge in [0, 0.05) is 11.1 Å². The summed E-state index contributed by atoms with van der Waals surface area (Å²) < 4.78 is 44.7. The van der Waals surface area contributed by atoms with Gasteiger partial charge in [-0.1, -0.05) is 146 Å². The Hall–Kier alpha value is -4.55. The summed E-state index contributed by atoms with van der Waals surface area (Å²) in [5, 5.41) is 23.9. The van der Waals surface area contributed by atoms with Gasteiger partial charge in [-0.3, -0.25) is 18.8 Å². The smallest absolute Gasteiger partial charge is 0.299 e. The van der Waals surface area contributed by atoms with E-state index in [4.69, 9.17) is 0 Å². The number of benzene rings is 4. The molecule has 1 heterocycles. The summed E-state index contributed by atoms with van der Waals surface area (Å²) in [6.45, 7) is 3.98. The first kappa shape index (κ1) is 42.6. The van der Waals surface area contributed by atoms with Crippen LogP contribution in [-0.2, 0) is 20.8 Å². The van der Waals surface area contributed by atoms with Crippen molar-refractivity contribution >= 4 is 48.7 Å². The van der Waals surface area contributed by atoms with Gasteiger partial charge in [-0.05, 0) is 61.2 Å². The number of H-pyrrole nitrogens is 1. The summed E-state index contributed by atoms with van der Waals surface area (Å²) >= 11 is 0. The zero-order valence-corrected chi connectivity index (χ0v) is 34.5. The quantitative estimate of drug-likeness (QED) is 0.0323. The fourth-order valence-corrected chi connectivity index (χ4v) is 9.24. The molecule has 0 spiro atoms. The van der Waals surface area contributed by atoms with Crippen molar-refractivity contribution in [3.05, 3.63) is 101 Å². The summed E-state index contributed by atoms with van der Waals surface area (Å²) in [5.74, 6) is 0.0464. The van der Waals surface area contributed by atoms with Gasteiger partial charge in [0.2, 0.25) is 0 Å². The number of nitrogens with zero attached hydrogens (tertiary/aromatic N) is 3. The van der Waals surface area contributed by atoms with E-state index in [2.05, 4.69) is 27.0 Å². The molecule has 0 bridgehead atoms. The zero-order chi connectivity index (χ0) is 39.8. The van der Waals surface area contributed by atoms with Crippen LogP contribution >= 0.6 is 0 Å². The van der Waals surface area contributed by atoms with Crippen molar-refractivity contribution in [2.75, 3.05) is 10.5 Å². The first-order valence-corrected chi connectivity index (χ1v) is 23.0. The molecule has 5 rings (SSSR count). The Morgan fingerprint density at radius 2 is 1.29 bits per heavy atom. The number of aryl methyl sites for hydroxylation is 1. The van der Waals surface area contributed by atoms with Gasteiger partial charge in [0.15, 0.2) is 11.4 Å². The summed E-state index contributed by atoms with van der Waals surface area (Å²) in [6, 6.07) is 23.6. The lowest BCUT2D eigenvalue weighted by Crippen LogP contribution is -2.14. The average Bonchev–Trinajstić information content (AvgIpc) is 3.50. The maximum absolute atomic E-state index is 13.6. The predicted molar refractivity (Wildman–Crippen MR) is 229 cm³/mol. The molecule has 0 saturated carbocycles. The number of fused-ring (bicyclic) bond motifs is 1. The van der Waals surface area contributed by atoms with Crippen LogP contribution in [0, 0.1) is 6.92 Å². The molecule has 0 fully saturated rings. The number of para-hydroxylation sites is 1. The summed E-state index contributed by atoms with van der Waals surface area (Å²) in [7, 11) is -5.70. The highest BCUT2D eigenvalue weighted by Gasteiger charge is 2.23. The molecule has 300 valence electrons. The van der Waals surface area contributed by atoms with E-state index in [0.29, 0.717) is 33.6 Å². The molecule has 1 aromatic heterocycles. The number of sulfonamides is 1. The normalized spacial score (nSPS) is 12.5. The van der Waals surface area contributed by atoms with Crippen LogP contribution in [-0.4, -0.2) is 33.3 Å². The second-order valence-electron chi connectivity index (χ2n) is 14.5. The Morgan fingerprint density at radius 3 is 1.89 bits per heavy atom. The van der Waals surface area contributed by atoms with Crippen LogP contribution in [0.25, 0.3) is 16.5 Å². The number of aromatic amines is 1. The highest BCUT2D eigenvalue weighted by molar-refractivity contribution is 7.92. The van der Waals surface area contributed by atoms with E-state index in [-0.39, 0.29) is 32.5 Å². The van der Waals surface area contributed by atoms with Crippen molar-refractivity contribution in [3.63, 3.8) is 0 Å². The van der Waals surface area contributed by atoms with Gasteiger partial charge in [0.1, 0.15) is 0 Å². The number of aromatic hydroxyl groups is 1. The zero-order valence-electron chi connectivity index (χ0n) is 32.8. The van der Waals surface area contributed by atoms with Gasteiger partial charge >= 0.3 is 0 Å². The number of anilines is 1. The Bertz CT molecular complexity index is 2210. The lowest BCUT2D eigenvalue weighted by molar-refractivity contribution is 0.464. The minimum absolute atomic E-state index is 0.0141. The summed E-state index contributed by atoms with van der Waals surface area (Å²) in [4.78, 5) is 13.1. The summed E-state index contributed by atoms with van der Waals surface area (Å²) in [6.07, 6.45) is 20.0. The van der Waals surface area contributed by atoms with E-state index in [1.54, 1.807) is 37.3 Å². The molecule has 0 radical (unpaired) electrons. The second kappa shape index (κ2) is 21.7. The number of unbranched alkanes of at least 4 members (excludes halogenated alkanes) is 15. The van der Waals surface area contributed by atoms with Gasteiger partial charge in [0.05, 0.1) is 43.3 Å². The fourth-order valence-electron chi connectivity index (χ4n) is 6.89. The predicted octanol–water partition coefficient (Wildman–Crippen LogP) is 11.9. The largest absolute Gasteiger partial charge is 0.505 e.